The lowest BCUT2D eigenvalue weighted by Crippen LogP contribution is -2.30. The van der Waals surface area contributed by atoms with Crippen molar-refractivity contribution in [1.82, 2.24) is 10.3 Å². The van der Waals surface area contributed by atoms with E-state index in [4.69, 9.17) is 4.74 Å². The van der Waals surface area contributed by atoms with Crippen molar-refractivity contribution in [2.75, 3.05) is 12.4 Å². The SMILES string of the molecule is COc1cccc(Nc2ccc(C(=O)NC(C)C)nc2)c1. The number of pyridine rings is 1. The predicted octanol–water partition coefficient (Wildman–Crippen LogP) is 2.97. The Morgan fingerprint density at radius 3 is 2.62 bits per heavy atom. The summed E-state index contributed by atoms with van der Waals surface area (Å²) >= 11 is 0. The Labute approximate surface area is 124 Å². The maximum absolute atomic E-state index is 11.8. The molecule has 2 rings (SSSR count). The van der Waals surface area contributed by atoms with Crippen molar-refractivity contribution in [1.29, 1.82) is 0 Å². The van der Waals surface area contributed by atoms with Crippen molar-refractivity contribution in [2.45, 2.75) is 19.9 Å². The van der Waals surface area contributed by atoms with E-state index in [0.717, 1.165) is 17.1 Å². The lowest BCUT2D eigenvalue weighted by molar-refractivity contribution is 0.0938. The zero-order valence-corrected chi connectivity index (χ0v) is 12.4. The number of nitrogens with zero attached hydrogens (tertiary/aromatic N) is 1. The number of methoxy groups -OCH3 is 1. The molecule has 5 heteroatoms. The van der Waals surface area contributed by atoms with E-state index in [9.17, 15) is 4.79 Å². The highest BCUT2D eigenvalue weighted by Gasteiger charge is 2.08. The van der Waals surface area contributed by atoms with Gasteiger partial charge in [0, 0.05) is 17.8 Å². The van der Waals surface area contributed by atoms with Crippen LogP contribution in [0.4, 0.5) is 11.4 Å². The van der Waals surface area contributed by atoms with Crippen LogP contribution in [0.2, 0.25) is 0 Å². The van der Waals surface area contributed by atoms with Crippen LogP contribution < -0.4 is 15.4 Å². The molecular formula is C16H19N3O2. The van der Waals surface area contributed by atoms with Gasteiger partial charge in [-0.1, -0.05) is 6.07 Å². The molecule has 110 valence electrons. The molecule has 2 N–H and O–H groups in total. The van der Waals surface area contributed by atoms with Gasteiger partial charge in [-0.3, -0.25) is 4.79 Å². The van der Waals surface area contributed by atoms with Crippen molar-refractivity contribution in [3.8, 4) is 5.75 Å². The van der Waals surface area contributed by atoms with Crippen LogP contribution in [-0.2, 0) is 0 Å². The van der Waals surface area contributed by atoms with Gasteiger partial charge in [0.1, 0.15) is 11.4 Å². The summed E-state index contributed by atoms with van der Waals surface area (Å²) in [6.45, 7) is 3.83. The Hall–Kier alpha value is -2.56. The van der Waals surface area contributed by atoms with E-state index in [1.165, 1.54) is 0 Å². The van der Waals surface area contributed by atoms with E-state index in [2.05, 4.69) is 15.6 Å². The molecular weight excluding hydrogens is 266 g/mol. The van der Waals surface area contributed by atoms with Gasteiger partial charge >= 0.3 is 0 Å². The zero-order chi connectivity index (χ0) is 15.2. The fourth-order valence-corrected chi connectivity index (χ4v) is 1.81. The Balaban J connectivity index is 2.06. The summed E-state index contributed by atoms with van der Waals surface area (Å²) in [4.78, 5) is 16.0. The third kappa shape index (κ3) is 4.21. The van der Waals surface area contributed by atoms with Crippen molar-refractivity contribution in [3.05, 3.63) is 48.3 Å². The smallest absolute Gasteiger partial charge is 0.270 e. The van der Waals surface area contributed by atoms with Crippen LogP contribution in [0.5, 0.6) is 5.75 Å². The number of rotatable bonds is 5. The third-order valence-corrected chi connectivity index (χ3v) is 2.77. The van der Waals surface area contributed by atoms with Gasteiger partial charge in [-0.25, -0.2) is 4.98 Å². The number of aromatic nitrogens is 1. The van der Waals surface area contributed by atoms with Crippen LogP contribution in [0.3, 0.4) is 0 Å². The highest BCUT2D eigenvalue weighted by molar-refractivity contribution is 5.92. The molecule has 2 aromatic rings. The molecule has 1 aromatic heterocycles. The Morgan fingerprint density at radius 2 is 2.00 bits per heavy atom. The molecule has 0 fully saturated rings. The second-order valence-corrected chi connectivity index (χ2v) is 4.92. The van der Waals surface area contributed by atoms with Crippen molar-refractivity contribution in [3.63, 3.8) is 0 Å². The Kier molecular flexibility index (Phi) is 4.77. The molecule has 1 aromatic carbocycles. The molecule has 0 unspecified atom stereocenters. The second-order valence-electron chi connectivity index (χ2n) is 4.92. The van der Waals surface area contributed by atoms with E-state index >= 15 is 0 Å². The number of carbonyl (C=O) groups is 1. The van der Waals surface area contributed by atoms with Crippen molar-refractivity contribution >= 4 is 17.3 Å². The summed E-state index contributed by atoms with van der Waals surface area (Å²) in [5.41, 5.74) is 2.11. The van der Waals surface area contributed by atoms with Gasteiger partial charge in [-0.15, -0.1) is 0 Å². The second kappa shape index (κ2) is 6.74. The summed E-state index contributed by atoms with van der Waals surface area (Å²) in [6, 6.07) is 11.2. The topological polar surface area (TPSA) is 63.2 Å². The summed E-state index contributed by atoms with van der Waals surface area (Å²) in [7, 11) is 1.63. The molecule has 0 bridgehead atoms. The molecule has 0 saturated carbocycles. The first-order chi connectivity index (χ1) is 10.1. The lowest BCUT2D eigenvalue weighted by atomic mass is 10.2. The first kappa shape index (κ1) is 14.8. The van der Waals surface area contributed by atoms with Gasteiger partial charge in [0.2, 0.25) is 0 Å². The highest BCUT2D eigenvalue weighted by Crippen LogP contribution is 2.20. The quantitative estimate of drug-likeness (QED) is 0.886. The molecule has 21 heavy (non-hydrogen) atoms. The number of hydrogen-bond donors (Lipinski definition) is 2. The van der Waals surface area contributed by atoms with E-state index in [-0.39, 0.29) is 11.9 Å². The Morgan fingerprint density at radius 1 is 1.19 bits per heavy atom. The highest BCUT2D eigenvalue weighted by atomic mass is 16.5. The Bertz CT molecular complexity index is 609. The summed E-state index contributed by atoms with van der Waals surface area (Å²) in [5.74, 6) is 0.610. The minimum atomic E-state index is -0.169. The van der Waals surface area contributed by atoms with Crippen LogP contribution >= 0.6 is 0 Å². The van der Waals surface area contributed by atoms with Gasteiger partial charge in [0.05, 0.1) is 19.0 Å². The van der Waals surface area contributed by atoms with Gasteiger partial charge in [-0.05, 0) is 38.1 Å². The molecule has 0 aliphatic heterocycles. The molecule has 0 saturated heterocycles. The maximum atomic E-state index is 11.8. The molecule has 1 heterocycles. The fourth-order valence-electron chi connectivity index (χ4n) is 1.81. The minimum absolute atomic E-state index is 0.0916. The molecule has 0 spiro atoms. The first-order valence-electron chi connectivity index (χ1n) is 6.76. The lowest BCUT2D eigenvalue weighted by Gasteiger charge is -2.10. The summed E-state index contributed by atoms with van der Waals surface area (Å²) in [6.07, 6.45) is 1.63. The van der Waals surface area contributed by atoms with Crippen LogP contribution in [0, 0.1) is 0 Å². The van der Waals surface area contributed by atoms with Crippen LogP contribution in [0.15, 0.2) is 42.6 Å². The molecule has 0 radical (unpaired) electrons. The summed E-state index contributed by atoms with van der Waals surface area (Å²) < 4.78 is 5.17. The fraction of sp³-hybridized carbons (Fsp3) is 0.250. The monoisotopic (exact) mass is 285 g/mol. The number of amides is 1. The molecule has 5 nitrogen and oxygen atoms in total. The van der Waals surface area contributed by atoms with E-state index in [1.807, 2.05) is 44.2 Å². The molecule has 0 aliphatic rings. The van der Waals surface area contributed by atoms with Crippen molar-refractivity contribution < 1.29 is 9.53 Å². The zero-order valence-electron chi connectivity index (χ0n) is 12.4. The maximum Gasteiger partial charge on any atom is 0.270 e. The normalized spacial score (nSPS) is 10.3. The van der Waals surface area contributed by atoms with E-state index in [1.54, 1.807) is 19.4 Å². The van der Waals surface area contributed by atoms with E-state index in [0.29, 0.717) is 5.69 Å². The number of ether oxygens (including phenoxy) is 1. The minimum Gasteiger partial charge on any atom is -0.497 e. The molecule has 0 aliphatic carbocycles. The number of benzene rings is 1. The van der Waals surface area contributed by atoms with Gasteiger partial charge in [0.15, 0.2) is 0 Å². The van der Waals surface area contributed by atoms with E-state index < -0.39 is 0 Å². The number of nitrogens with one attached hydrogen (secondary N) is 2. The average Bonchev–Trinajstić information content (AvgIpc) is 2.47. The first-order valence-corrected chi connectivity index (χ1v) is 6.76. The average molecular weight is 285 g/mol. The van der Waals surface area contributed by atoms with Crippen LogP contribution in [0.25, 0.3) is 0 Å². The predicted molar refractivity (Wildman–Crippen MR) is 83.1 cm³/mol. The van der Waals surface area contributed by atoms with Crippen molar-refractivity contribution in [2.24, 2.45) is 0 Å². The van der Waals surface area contributed by atoms with Crippen LogP contribution in [0.1, 0.15) is 24.3 Å². The number of carbonyl (C=O) groups excluding carboxylic acids is 1. The largest absolute Gasteiger partial charge is 0.497 e. The summed E-state index contributed by atoms with van der Waals surface area (Å²) in [5, 5.41) is 6.02. The van der Waals surface area contributed by atoms with Gasteiger partial charge in [-0.2, -0.15) is 0 Å². The van der Waals surface area contributed by atoms with Crippen LogP contribution in [-0.4, -0.2) is 24.0 Å². The van der Waals surface area contributed by atoms with Gasteiger partial charge < -0.3 is 15.4 Å². The molecule has 1 amide bonds. The molecule has 0 atom stereocenters. The number of hydrogen-bond acceptors (Lipinski definition) is 4. The number of anilines is 2. The van der Waals surface area contributed by atoms with Gasteiger partial charge in [0.25, 0.3) is 5.91 Å². The standard InChI is InChI=1S/C16H19N3O2/c1-11(2)18-16(20)15-8-7-13(10-17-15)19-12-5-4-6-14(9-12)21-3/h4-11,19H,1-3H3,(H,18,20). The third-order valence-electron chi connectivity index (χ3n) is 2.77.